The first-order valence-corrected chi connectivity index (χ1v) is 8.97. The minimum Gasteiger partial charge on any atom is -0.344 e. The molecule has 152 valence electrons. The number of halogens is 2. The molecule has 0 bridgehead atoms. The number of rotatable bonds is 4. The zero-order valence-corrected chi connectivity index (χ0v) is 15.8. The van der Waals surface area contributed by atoms with Gasteiger partial charge >= 0.3 is 5.69 Å². The monoisotopic (exact) mass is 410 g/mol. The summed E-state index contributed by atoms with van der Waals surface area (Å²) in [6.07, 6.45) is 1.35. The average molecular weight is 410 g/mol. The van der Waals surface area contributed by atoms with Gasteiger partial charge < -0.3 is 14.9 Å². The van der Waals surface area contributed by atoms with Crippen molar-refractivity contribution in [2.45, 2.75) is 6.54 Å². The number of carbonyl (C=O) groups excluding carboxylic acids is 1. The topological polar surface area (TPSA) is 88.9 Å². The van der Waals surface area contributed by atoms with Gasteiger partial charge in [-0.05, 0) is 17.7 Å². The zero-order chi connectivity index (χ0) is 21.4. The Morgan fingerprint density at radius 2 is 1.83 bits per heavy atom. The van der Waals surface area contributed by atoms with Gasteiger partial charge in [-0.1, -0.05) is 30.3 Å². The molecular formula is C21H16F2N4O3. The fourth-order valence-electron chi connectivity index (χ4n) is 3.27. The number of amides is 1. The predicted octanol–water partition coefficient (Wildman–Crippen LogP) is 2.61. The van der Waals surface area contributed by atoms with Gasteiger partial charge in [-0.3, -0.25) is 14.2 Å². The van der Waals surface area contributed by atoms with Crippen molar-refractivity contribution in [1.29, 1.82) is 0 Å². The largest absolute Gasteiger partial charge is 0.344 e. The molecule has 0 unspecified atom stereocenters. The molecule has 1 amide bonds. The third kappa shape index (κ3) is 3.41. The summed E-state index contributed by atoms with van der Waals surface area (Å²) in [6, 6.07) is 11.6. The van der Waals surface area contributed by atoms with Gasteiger partial charge in [-0.15, -0.1) is 0 Å². The molecule has 30 heavy (non-hydrogen) atoms. The Balaban J connectivity index is 1.78. The number of nitrogens with one attached hydrogen (secondary N) is 2. The van der Waals surface area contributed by atoms with Crippen molar-refractivity contribution in [2.24, 2.45) is 7.05 Å². The maximum Gasteiger partial charge on any atom is 0.329 e. The van der Waals surface area contributed by atoms with Gasteiger partial charge in [-0.2, -0.15) is 0 Å². The van der Waals surface area contributed by atoms with Gasteiger partial charge in [0.15, 0.2) is 0 Å². The molecule has 4 rings (SSSR count). The lowest BCUT2D eigenvalue weighted by atomic mass is 10.2. The molecule has 0 saturated heterocycles. The fraction of sp³-hybridized carbons (Fsp3) is 0.0952. The van der Waals surface area contributed by atoms with Crippen molar-refractivity contribution >= 4 is 22.6 Å². The van der Waals surface area contributed by atoms with E-state index in [2.05, 4.69) is 10.3 Å². The van der Waals surface area contributed by atoms with Crippen LogP contribution < -0.4 is 16.6 Å². The quantitative estimate of drug-likeness (QED) is 0.542. The molecule has 0 aliphatic carbocycles. The molecule has 9 heteroatoms. The molecule has 2 aromatic carbocycles. The Hall–Kier alpha value is -4.01. The second kappa shape index (κ2) is 7.43. The van der Waals surface area contributed by atoms with Crippen molar-refractivity contribution in [3.8, 4) is 0 Å². The number of aromatic amines is 1. The molecule has 4 aromatic rings. The van der Waals surface area contributed by atoms with Crippen molar-refractivity contribution in [3.63, 3.8) is 0 Å². The molecule has 0 saturated carbocycles. The molecule has 0 radical (unpaired) electrons. The van der Waals surface area contributed by atoms with Crippen LogP contribution in [-0.4, -0.2) is 20.0 Å². The van der Waals surface area contributed by atoms with Gasteiger partial charge in [0.2, 0.25) is 0 Å². The highest BCUT2D eigenvalue weighted by atomic mass is 19.1. The van der Waals surface area contributed by atoms with Crippen LogP contribution in [0.4, 0.5) is 14.5 Å². The number of nitrogens with zero attached hydrogens (tertiary/aromatic N) is 2. The number of hydrogen-bond donors (Lipinski definition) is 2. The summed E-state index contributed by atoms with van der Waals surface area (Å²) in [6.45, 7) is 0.0617. The van der Waals surface area contributed by atoms with E-state index in [1.807, 2.05) is 6.07 Å². The smallest absolute Gasteiger partial charge is 0.329 e. The van der Waals surface area contributed by atoms with Crippen LogP contribution in [-0.2, 0) is 13.6 Å². The van der Waals surface area contributed by atoms with Crippen LogP contribution in [0.1, 0.15) is 15.9 Å². The molecular weight excluding hydrogens is 394 g/mol. The molecule has 2 heterocycles. The van der Waals surface area contributed by atoms with Crippen molar-refractivity contribution in [1.82, 2.24) is 14.1 Å². The number of H-pyrrole nitrogens is 1. The number of fused-ring (bicyclic) bond motifs is 1. The molecule has 0 spiro atoms. The minimum absolute atomic E-state index is 0.0196. The fourth-order valence-corrected chi connectivity index (χ4v) is 3.27. The summed E-state index contributed by atoms with van der Waals surface area (Å²) in [5.74, 6) is -2.33. The maximum atomic E-state index is 13.9. The maximum absolute atomic E-state index is 13.9. The number of hydrogen-bond acceptors (Lipinski definition) is 3. The summed E-state index contributed by atoms with van der Waals surface area (Å²) < 4.78 is 29.7. The van der Waals surface area contributed by atoms with E-state index in [0.717, 1.165) is 28.3 Å². The van der Waals surface area contributed by atoms with Crippen LogP contribution in [0.15, 0.2) is 64.3 Å². The molecule has 2 N–H and O–H groups in total. The minimum atomic E-state index is -0.816. The lowest BCUT2D eigenvalue weighted by molar-refractivity contribution is 0.102. The van der Waals surface area contributed by atoms with E-state index in [1.165, 1.54) is 10.8 Å². The number of carbonyl (C=O) groups is 1. The van der Waals surface area contributed by atoms with Gasteiger partial charge in [0.25, 0.3) is 11.5 Å². The average Bonchev–Trinajstić information content (AvgIpc) is 3.05. The third-order valence-corrected chi connectivity index (χ3v) is 4.71. The number of aromatic nitrogens is 3. The Morgan fingerprint density at radius 3 is 2.57 bits per heavy atom. The predicted molar refractivity (Wildman–Crippen MR) is 108 cm³/mol. The first kappa shape index (κ1) is 19.3. The van der Waals surface area contributed by atoms with E-state index >= 15 is 0 Å². The van der Waals surface area contributed by atoms with Crippen molar-refractivity contribution in [2.75, 3.05) is 5.32 Å². The Kier molecular flexibility index (Phi) is 4.78. The zero-order valence-electron chi connectivity index (χ0n) is 15.8. The van der Waals surface area contributed by atoms with Gasteiger partial charge in [0, 0.05) is 19.3 Å². The van der Waals surface area contributed by atoms with Gasteiger partial charge in [-0.25, -0.2) is 13.6 Å². The van der Waals surface area contributed by atoms with E-state index in [9.17, 15) is 23.2 Å². The van der Waals surface area contributed by atoms with E-state index in [0.29, 0.717) is 0 Å². The third-order valence-electron chi connectivity index (χ3n) is 4.71. The molecule has 0 fully saturated rings. The molecule has 0 aliphatic heterocycles. The summed E-state index contributed by atoms with van der Waals surface area (Å²) in [7, 11) is 1.55. The second-order valence-electron chi connectivity index (χ2n) is 6.76. The molecule has 0 aliphatic rings. The number of aryl methyl sites for hydroxylation is 1. The van der Waals surface area contributed by atoms with Gasteiger partial charge in [0.05, 0.1) is 23.3 Å². The Morgan fingerprint density at radius 1 is 1.10 bits per heavy atom. The highest BCUT2D eigenvalue weighted by Crippen LogP contribution is 2.19. The van der Waals surface area contributed by atoms with Crippen molar-refractivity contribution < 1.29 is 13.6 Å². The standard InChI is InChI=1S/C21H16F2N4O3/c1-26-11-14(19(28)24-16-9-13(22)7-8-15(16)23)17-18(26)20(29)27(21(30)25-17)10-12-5-3-2-4-6-12/h2-9,11H,10H2,1H3,(H,24,28)(H,25,30). The summed E-state index contributed by atoms with van der Waals surface area (Å²) in [5, 5.41) is 2.27. The van der Waals surface area contributed by atoms with Crippen LogP contribution in [0.5, 0.6) is 0 Å². The molecule has 0 atom stereocenters. The summed E-state index contributed by atoms with van der Waals surface area (Å²) in [5.41, 5.74) is -0.765. The van der Waals surface area contributed by atoms with E-state index in [-0.39, 0.29) is 28.8 Å². The van der Waals surface area contributed by atoms with Crippen LogP contribution in [0.2, 0.25) is 0 Å². The Bertz CT molecular complexity index is 1390. The van der Waals surface area contributed by atoms with Gasteiger partial charge in [0.1, 0.15) is 17.2 Å². The Labute approximate surface area is 168 Å². The highest BCUT2D eigenvalue weighted by Gasteiger charge is 2.20. The molecule has 7 nitrogen and oxygen atoms in total. The van der Waals surface area contributed by atoms with E-state index in [4.69, 9.17) is 0 Å². The number of benzene rings is 2. The van der Waals surface area contributed by atoms with Crippen LogP contribution in [0.3, 0.4) is 0 Å². The highest BCUT2D eigenvalue weighted by molar-refractivity contribution is 6.11. The first-order valence-electron chi connectivity index (χ1n) is 8.97. The van der Waals surface area contributed by atoms with Crippen molar-refractivity contribution in [3.05, 3.63) is 98.3 Å². The first-order chi connectivity index (χ1) is 14.3. The second-order valence-corrected chi connectivity index (χ2v) is 6.76. The molecule has 2 aromatic heterocycles. The summed E-state index contributed by atoms with van der Waals surface area (Å²) >= 11 is 0. The van der Waals surface area contributed by atoms with Crippen LogP contribution in [0.25, 0.3) is 11.0 Å². The number of anilines is 1. The van der Waals surface area contributed by atoms with Crippen LogP contribution in [0, 0.1) is 11.6 Å². The lowest BCUT2D eigenvalue weighted by Crippen LogP contribution is -2.36. The van der Waals surface area contributed by atoms with E-state index < -0.39 is 28.8 Å². The summed E-state index contributed by atoms with van der Waals surface area (Å²) in [4.78, 5) is 40.7. The SMILES string of the molecule is Cn1cc(C(=O)Nc2cc(F)ccc2F)c2[nH]c(=O)n(Cc3ccccc3)c(=O)c21. The normalized spacial score (nSPS) is 11.0. The lowest BCUT2D eigenvalue weighted by Gasteiger charge is -2.07. The van der Waals surface area contributed by atoms with Crippen LogP contribution >= 0.6 is 0 Å². The van der Waals surface area contributed by atoms with E-state index in [1.54, 1.807) is 31.3 Å².